The first-order chi connectivity index (χ1) is 8.24. The molecule has 0 aliphatic rings. The minimum atomic E-state index is -3.61. The van der Waals surface area contributed by atoms with Crippen LogP contribution in [-0.2, 0) is 10.2 Å². The van der Waals surface area contributed by atoms with Crippen molar-refractivity contribution in [2.75, 3.05) is 11.4 Å². The van der Waals surface area contributed by atoms with E-state index in [9.17, 15) is 13.2 Å². The van der Waals surface area contributed by atoms with Crippen LogP contribution in [0.2, 0.25) is 0 Å². The highest BCUT2D eigenvalue weighted by Gasteiger charge is 2.19. The van der Waals surface area contributed by atoms with Crippen LogP contribution in [0, 0.1) is 0 Å². The summed E-state index contributed by atoms with van der Waals surface area (Å²) >= 11 is 0. The van der Waals surface area contributed by atoms with Crippen LogP contribution < -0.4 is 9.03 Å². The molecule has 18 heavy (non-hydrogen) atoms. The van der Waals surface area contributed by atoms with Gasteiger partial charge in [-0.2, -0.15) is 13.1 Å². The van der Waals surface area contributed by atoms with E-state index in [0.717, 1.165) is 4.31 Å². The SMILES string of the molecule is CC(C)NS(=O)(=O)N(C)c1ccc(C(=O)O)cc1. The zero-order valence-electron chi connectivity index (χ0n) is 10.4. The van der Waals surface area contributed by atoms with E-state index in [2.05, 4.69) is 4.72 Å². The van der Waals surface area contributed by atoms with Gasteiger partial charge in [-0.15, -0.1) is 0 Å². The van der Waals surface area contributed by atoms with Crippen molar-refractivity contribution in [2.45, 2.75) is 19.9 Å². The molecule has 6 nitrogen and oxygen atoms in total. The van der Waals surface area contributed by atoms with E-state index >= 15 is 0 Å². The molecule has 0 aromatic heterocycles. The van der Waals surface area contributed by atoms with Gasteiger partial charge in [0, 0.05) is 13.1 Å². The van der Waals surface area contributed by atoms with Crippen molar-refractivity contribution in [2.24, 2.45) is 0 Å². The molecule has 1 aromatic rings. The Labute approximate surface area is 106 Å². The third-order valence-corrected chi connectivity index (χ3v) is 3.92. The highest BCUT2D eigenvalue weighted by molar-refractivity contribution is 7.90. The molecule has 2 N–H and O–H groups in total. The predicted molar refractivity (Wildman–Crippen MR) is 69.0 cm³/mol. The second-order valence-electron chi connectivity index (χ2n) is 4.10. The maximum Gasteiger partial charge on any atom is 0.335 e. The molecule has 0 fully saturated rings. The molecule has 0 atom stereocenters. The summed E-state index contributed by atoms with van der Waals surface area (Å²) in [6.45, 7) is 3.44. The first-order valence-electron chi connectivity index (χ1n) is 5.33. The highest BCUT2D eigenvalue weighted by atomic mass is 32.2. The molecular weight excluding hydrogens is 256 g/mol. The van der Waals surface area contributed by atoms with Gasteiger partial charge in [0.1, 0.15) is 0 Å². The van der Waals surface area contributed by atoms with Gasteiger partial charge in [0.2, 0.25) is 0 Å². The zero-order chi connectivity index (χ0) is 13.9. The maximum atomic E-state index is 11.9. The molecule has 1 aromatic carbocycles. The lowest BCUT2D eigenvalue weighted by atomic mass is 10.2. The molecule has 0 amide bonds. The number of carbonyl (C=O) groups is 1. The van der Waals surface area contributed by atoms with E-state index in [0.29, 0.717) is 5.69 Å². The van der Waals surface area contributed by atoms with Gasteiger partial charge in [0.05, 0.1) is 11.3 Å². The Kier molecular flexibility index (Phi) is 4.31. The molecule has 0 unspecified atom stereocenters. The summed E-state index contributed by atoms with van der Waals surface area (Å²) in [5.41, 5.74) is 0.509. The van der Waals surface area contributed by atoms with Gasteiger partial charge >= 0.3 is 16.2 Å². The van der Waals surface area contributed by atoms with Gasteiger partial charge in [-0.3, -0.25) is 4.31 Å². The van der Waals surface area contributed by atoms with Crippen molar-refractivity contribution in [3.05, 3.63) is 29.8 Å². The third-order valence-electron chi connectivity index (χ3n) is 2.22. The molecule has 0 saturated heterocycles. The minimum absolute atomic E-state index is 0.112. The molecule has 0 saturated carbocycles. The molecule has 0 spiro atoms. The van der Waals surface area contributed by atoms with Gasteiger partial charge < -0.3 is 5.11 Å². The van der Waals surface area contributed by atoms with Crippen molar-refractivity contribution in [1.82, 2.24) is 4.72 Å². The molecule has 7 heteroatoms. The van der Waals surface area contributed by atoms with E-state index < -0.39 is 16.2 Å². The van der Waals surface area contributed by atoms with Crippen molar-refractivity contribution in [1.29, 1.82) is 0 Å². The summed E-state index contributed by atoms with van der Waals surface area (Å²) in [6, 6.07) is 5.40. The lowest BCUT2D eigenvalue weighted by molar-refractivity contribution is 0.0697. The molecular formula is C11H16N2O4S. The first-order valence-corrected chi connectivity index (χ1v) is 6.77. The van der Waals surface area contributed by atoms with Crippen LogP contribution in [0.15, 0.2) is 24.3 Å². The van der Waals surface area contributed by atoms with Crippen LogP contribution in [-0.4, -0.2) is 32.6 Å². The second-order valence-corrected chi connectivity index (χ2v) is 5.83. The van der Waals surface area contributed by atoms with Gasteiger partial charge in [-0.1, -0.05) is 0 Å². The van der Waals surface area contributed by atoms with Crippen LogP contribution in [0.4, 0.5) is 5.69 Å². The fraction of sp³-hybridized carbons (Fsp3) is 0.364. The Morgan fingerprint density at radius 1 is 1.28 bits per heavy atom. The number of nitrogens with zero attached hydrogens (tertiary/aromatic N) is 1. The number of hydrogen-bond donors (Lipinski definition) is 2. The van der Waals surface area contributed by atoms with Crippen LogP contribution in [0.1, 0.15) is 24.2 Å². The van der Waals surface area contributed by atoms with Crippen LogP contribution in [0.3, 0.4) is 0 Å². The Bertz CT molecular complexity index is 522. The van der Waals surface area contributed by atoms with Gasteiger partial charge in [-0.25, -0.2) is 4.79 Å². The van der Waals surface area contributed by atoms with Crippen molar-refractivity contribution in [3.8, 4) is 0 Å². The highest BCUT2D eigenvalue weighted by Crippen LogP contribution is 2.16. The molecule has 0 bridgehead atoms. The summed E-state index contributed by atoms with van der Waals surface area (Å²) in [6.07, 6.45) is 0. The average Bonchev–Trinajstić information content (AvgIpc) is 2.26. The predicted octanol–water partition coefficient (Wildman–Crippen LogP) is 1.06. The van der Waals surface area contributed by atoms with Gasteiger partial charge in [0.25, 0.3) is 0 Å². The summed E-state index contributed by atoms with van der Waals surface area (Å²) in [7, 11) is -2.21. The lowest BCUT2D eigenvalue weighted by Gasteiger charge is -2.21. The molecule has 1 rings (SSSR count). The van der Waals surface area contributed by atoms with E-state index in [4.69, 9.17) is 5.11 Å². The largest absolute Gasteiger partial charge is 0.478 e. The monoisotopic (exact) mass is 272 g/mol. The minimum Gasteiger partial charge on any atom is -0.478 e. The zero-order valence-corrected chi connectivity index (χ0v) is 11.2. The number of carboxylic acids is 1. The number of hydrogen-bond acceptors (Lipinski definition) is 3. The first kappa shape index (κ1) is 14.5. The maximum absolute atomic E-state index is 11.9. The van der Waals surface area contributed by atoms with Crippen LogP contribution in [0.5, 0.6) is 0 Å². The van der Waals surface area contributed by atoms with E-state index in [-0.39, 0.29) is 11.6 Å². The number of aromatic carboxylic acids is 1. The Morgan fingerprint density at radius 2 is 1.78 bits per heavy atom. The summed E-state index contributed by atoms with van der Waals surface area (Å²) in [5, 5.41) is 8.75. The fourth-order valence-corrected chi connectivity index (χ4v) is 2.48. The average molecular weight is 272 g/mol. The van der Waals surface area contributed by atoms with Crippen LogP contribution >= 0.6 is 0 Å². The van der Waals surface area contributed by atoms with Crippen LogP contribution in [0.25, 0.3) is 0 Å². The summed E-state index contributed by atoms with van der Waals surface area (Å²) in [5.74, 6) is -1.05. The standard InChI is InChI=1S/C11H16N2O4S/c1-8(2)12-18(16,17)13(3)10-6-4-9(5-7-10)11(14)15/h4-8,12H,1-3H3,(H,14,15). The van der Waals surface area contributed by atoms with E-state index in [1.807, 2.05) is 0 Å². The van der Waals surface area contributed by atoms with Crippen molar-refractivity contribution < 1.29 is 18.3 Å². The van der Waals surface area contributed by atoms with E-state index in [1.165, 1.54) is 31.3 Å². The third kappa shape index (κ3) is 3.44. The van der Waals surface area contributed by atoms with Crippen molar-refractivity contribution in [3.63, 3.8) is 0 Å². The molecule has 0 aliphatic carbocycles. The topological polar surface area (TPSA) is 86.7 Å². The fourth-order valence-electron chi connectivity index (χ4n) is 1.33. The smallest absolute Gasteiger partial charge is 0.335 e. The molecule has 100 valence electrons. The number of rotatable bonds is 5. The Hall–Kier alpha value is -1.60. The van der Waals surface area contributed by atoms with Gasteiger partial charge in [-0.05, 0) is 38.1 Å². The number of anilines is 1. The van der Waals surface area contributed by atoms with E-state index in [1.54, 1.807) is 13.8 Å². The molecule has 0 radical (unpaired) electrons. The lowest BCUT2D eigenvalue weighted by Crippen LogP contribution is -2.41. The number of nitrogens with one attached hydrogen (secondary N) is 1. The normalized spacial score (nSPS) is 11.6. The molecule has 0 heterocycles. The quantitative estimate of drug-likeness (QED) is 0.839. The molecule has 0 aliphatic heterocycles. The summed E-state index contributed by atoms with van der Waals surface area (Å²) < 4.78 is 27.2. The number of benzene rings is 1. The van der Waals surface area contributed by atoms with Gasteiger partial charge in [0.15, 0.2) is 0 Å². The van der Waals surface area contributed by atoms with Crippen molar-refractivity contribution >= 4 is 21.9 Å². The Morgan fingerprint density at radius 3 is 2.17 bits per heavy atom. The summed E-state index contributed by atoms with van der Waals surface area (Å²) in [4.78, 5) is 10.7. The number of carboxylic acid groups (broad SMARTS) is 1. The second kappa shape index (κ2) is 5.36. The Balaban J connectivity index is 2.97.